The van der Waals surface area contributed by atoms with Gasteiger partial charge in [-0.25, -0.2) is 4.79 Å². The van der Waals surface area contributed by atoms with Crippen LogP contribution in [0.3, 0.4) is 0 Å². The maximum Gasteiger partial charge on any atom is 0.335 e. The van der Waals surface area contributed by atoms with Crippen molar-refractivity contribution in [3.8, 4) is 5.75 Å². The minimum absolute atomic E-state index is 0.206. The summed E-state index contributed by atoms with van der Waals surface area (Å²) in [5.41, 5.74) is 11.8. The second-order valence-corrected chi connectivity index (χ2v) is 9.92. The second-order valence-electron chi connectivity index (χ2n) is 9.92. The Kier molecular flexibility index (Phi) is 6.97. The van der Waals surface area contributed by atoms with Gasteiger partial charge in [-0.15, -0.1) is 0 Å². The van der Waals surface area contributed by atoms with Crippen molar-refractivity contribution < 1.29 is 15.0 Å². The van der Waals surface area contributed by atoms with Crippen LogP contribution in [0.15, 0.2) is 66.7 Å². The van der Waals surface area contributed by atoms with Crippen LogP contribution in [0.4, 0.5) is 5.69 Å². The lowest BCUT2D eigenvalue weighted by molar-refractivity contribution is 0.0697. The van der Waals surface area contributed by atoms with E-state index in [1.54, 1.807) is 36.4 Å². The zero-order valence-electron chi connectivity index (χ0n) is 19.8. The summed E-state index contributed by atoms with van der Waals surface area (Å²) in [5, 5.41) is 17.7. The van der Waals surface area contributed by atoms with E-state index in [4.69, 9.17) is 15.9 Å². The van der Waals surface area contributed by atoms with Gasteiger partial charge >= 0.3 is 5.97 Å². The summed E-state index contributed by atoms with van der Waals surface area (Å²) in [6, 6.07) is 20.1. The highest BCUT2D eigenvalue weighted by Gasteiger charge is 2.36. The van der Waals surface area contributed by atoms with Crippen molar-refractivity contribution in [2.75, 3.05) is 5.73 Å². The molecule has 33 heavy (non-hydrogen) atoms. The summed E-state index contributed by atoms with van der Waals surface area (Å²) >= 11 is 0. The first-order chi connectivity index (χ1) is 15.5. The van der Waals surface area contributed by atoms with Crippen molar-refractivity contribution in [1.82, 2.24) is 0 Å². The van der Waals surface area contributed by atoms with Crippen molar-refractivity contribution in [3.05, 3.63) is 94.5 Å². The molecular weight excluding hydrogens is 410 g/mol. The van der Waals surface area contributed by atoms with Crippen LogP contribution < -0.4 is 5.73 Å². The van der Waals surface area contributed by atoms with Gasteiger partial charge in [-0.2, -0.15) is 0 Å². The molecule has 0 atom stereocenters. The number of nitrogen functional groups attached to an aromatic ring is 1. The summed E-state index contributed by atoms with van der Waals surface area (Å²) in [6.07, 6.45) is 6.57. The van der Waals surface area contributed by atoms with Crippen molar-refractivity contribution in [3.63, 3.8) is 0 Å². The molecule has 3 aromatic carbocycles. The largest absolute Gasteiger partial charge is 0.508 e. The number of carboxylic acid groups (broad SMARTS) is 1. The summed E-state index contributed by atoms with van der Waals surface area (Å²) in [5.74, 6) is -0.644. The van der Waals surface area contributed by atoms with Gasteiger partial charge in [-0.3, -0.25) is 0 Å². The number of hydrogen-bond acceptors (Lipinski definition) is 3. The number of rotatable bonds is 3. The molecule has 0 aromatic heterocycles. The van der Waals surface area contributed by atoms with Gasteiger partial charge < -0.3 is 15.9 Å². The third-order valence-corrected chi connectivity index (χ3v) is 6.40. The Morgan fingerprint density at radius 2 is 1.30 bits per heavy atom. The molecule has 172 valence electrons. The standard InChI is InChI=1S/C23H26O2.C6H7NO/c1-22(2)13-14-23(3,4)20-15-17(9-12-19(20)22)6-5-16-7-10-18(11-8-16)21(24)25;7-5-1-3-6(8)4-2-5/h5-12,15H,13-14H2,1-4H3,(H,24,25);1-4,8H,7H2/b6-5+;. The van der Waals surface area contributed by atoms with E-state index in [0.29, 0.717) is 11.3 Å². The third kappa shape index (κ3) is 6.04. The zero-order valence-corrected chi connectivity index (χ0v) is 19.8. The number of carboxylic acids is 1. The molecule has 4 rings (SSSR count). The van der Waals surface area contributed by atoms with Crippen LogP contribution in [0, 0.1) is 0 Å². The van der Waals surface area contributed by atoms with Crippen molar-refractivity contribution >= 4 is 23.8 Å². The van der Waals surface area contributed by atoms with Crippen LogP contribution in [-0.2, 0) is 10.8 Å². The number of phenols is 1. The van der Waals surface area contributed by atoms with Crippen LogP contribution >= 0.6 is 0 Å². The van der Waals surface area contributed by atoms with Gasteiger partial charge in [0.25, 0.3) is 0 Å². The molecule has 0 amide bonds. The van der Waals surface area contributed by atoms with E-state index in [-0.39, 0.29) is 16.6 Å². The molecule has 4 nitrogen and oxygen atoms in total. The van der Waals surface area contributed by atoms with E-state index in [1.165, 1.54) is 29.5 Å². The lowest BCUT2D eigenvalue weighted by Gasteiger charge is -2.42. The Bertz CT molecular complexity index is 1120. The Morgan fingerprint density at radius 3 is 1.85 bits per heavy atom. The predicted molar refractivity (Wildman–Crippen MR) is 137 cm³/mol. The number of phenolic OH excluding ortho intramolecular Hbond substituents is 1. The third-order valence-electron chi connectivity index (χ3n) is 6.40. The summed E-state index contributed by atoms with van der Waals surface area (Å²) in [6.45, 7) is 9.33. The Hall–Kier alpha value is -3.53. The molecular formula is C29H33NO3. The molecule has 1 aliphatic rings. The number of anilines is 1. The van der Waals surface area contributed by atoms with Gasteiger partial charge in [0.15, 0.2) is 0 Å². The lowest BCUT2D eigenvalue weighted by atomic mass is 9.63. The molecule has 0 saturated carbocycles. The summed E-state index contributed by atoms with van der Waals surface area (Å²) in [7, 11) is 0. The fourth-order valence-corrected chi connectivity index (χ4v) is 4.11. The minimum Gasteiger partial charge on any atom is -0.508 e. The molecule has 0 saturated heterocycles. The van der Waals surface area contributed by atoms with Gasteiger partial charge in [-0.1, -0.05) is 70.2 Å². The van der Waals surface area contributed by atoms with E-state index in [1.807, 2.05) is 18.2 Å². The average Bonchev–Trinajstić information content (AvgIpc) is 2.78. The quantitative estimate of drug-likeness (QED) is 0.234. The van der Waals surface area contributed by atoms with Crippen LogP contribution in [0.1, 0.15) is 73.1 Å². The molecule has 0 radical (unpaired) electrons. The smallest absolute Gasteiger partial charge is 0.335 e. The molecule has 4 N–H and O–H groups in total. The van der Waals surface area contributed by atoms with Gasteiger partial charge in [0.2, 0.25) is 0 Å². The number of aromatic hydroxyl groups is 1. The Balaban J connectivity index is 0.000000323. The topological polar surface area (TPSA) is 83.5 Å². The van der Waals surface area contributed by atoms with E-state index in [2.05, 4.69) is 52.0 Å². The highest BCUT2D eigenvalue weighted by Crippen LogP contribution is 2.46. The average molecular weight is 444 g/mol. The molecule has 0 bridgehead atoms. The molecule has 0 unspecified atom stereocenters. The number of hydrogen-bond donors (Lipinski definition) is 3. The monoisotopic (exact) mass is 443 g/mol. The molecule has 0 aliphatic heterocycles. The second kappa shape index (κ2) is 9.53. The number of benzene rings is 3. The lowest BCUT2D eigenvalue weighted by Crippen LogP contribution is -2.33. The normalized spacial score (nSPS) is 15.9. The van der Waals surface area contributed by atoms with Gasteiger partial charge in [0, 0.05) is 5.69 Å². The first-order valence-corrected chi connectivity index (χ1v) is 11.2. The fraction of sp³-hybridized carbons (Fsp3) is 0.276. The first kappa shape index (κ1) is 24.1. The number of fused-ring (bicyclic) bond motifs is 1. The first-order valence-electron chi connectivity index (χ1n) is 11.2. The fourth-order valence-electron chi connectivity index (χ4n) is 4.11. The van der Waals surface area contributed by atoms with Gasteiger partial charge in [0.1, 0.15) is 5.75 Å². The number of aromatic carboxylic acids is 1. The number of nitrogens with two attached hydrogens (primary N) is 1. The highest BCUT2D eigenvalue weighted by atomic mass is 16.4. The molecule has 4 heteroatoms. The van der Waals surface area contributed by atoms with Crippen molar-refractivity contribution in [2.45, 2.75) is 51.4 Å². The molecule has 3 aromatic rings. The summed E-state index contributed by atoms with van der Waals surface area (Å²) in [4.78, 5) is 10.9. The molecule has 1 aliphatic carbocycles. The Morgan fingerprint density at radius 1 is 0.788 bits per heavy atom. The van der Waals surface area contributed by atoms with Crippen LogP contribution in [0.25, 0.3) is 12.2 Å². The van der Waals surface area contributed by atoms with Crippen LogP contribution in [0.2, 0.25) is 0 Å². The predicted octanol–water partition coefficient (Wildman–Crippen LogP) is 6.88. The Labute approximate surface area is 196 Å². The maximum atomic E-state index is 10.9. The maximum absolute atomic E-state index is 10.9. The van der Waals surface area contributed by atoms with Crippen molar-refractivity contribution in [1.29, 1.82) is 0 Å². The van der Waals surface area contributed by atoms with E-state index in [9.17, 15) is 4.79 Å². The number of carbonyl (C=O) groups is 1. The van der Waals surface area contributed by atoms with Gasteiger partial charge in [0.05, 0.1) is 5.56 Å². The summed E-state index contributed by atoms with van der Waals surface area (Å²) < 4.78 is 0. The highest BCUT2D eigenvalue weighted by molar-refractivity contribution is 5.88. The SMILES string of the molecule is CC1(C)CCC(C)(C)c2cc(/C=C/c3ccc(C(=O)O)cc3)ccc21.Nc1ccc(O)cc1. The molecule has 0 fully saturated rings. The van der Waals surface area contributed by atoms with Crippen molar-refractivity contribution in [2.24, 2.45) is 0 Å². The van der Waals surface area contributed by atoms with E-state index < -0.39 is 5.97 Å². The van der Waals surface area contributed by atoms with E-state index >= 15 is 0 Å². The molecule has 0 spiro atoms. The van der Waals surface area contributed by atoms with Gasteiger partial charge in [-0.05, 0) is 82.3 Å². The molecule has 0 heterocycles. The van der Waals surface area contributed by atoms with E-state index in [0.717, 1.165) is 5.56 Å². The van der Waals surface area contributed by atoms with Crippen LogP contribution in [0.5, 0.6) is 5.75 Å². The van der Waals surface area contributed by atoms with Crippen LogP contribution in [-0.4, -0.2) is 16.2 Å². The minimum atomic E-state index is -0.893. The zero-order chi connectivity index (χ0) is 24.2.